The molecule has 0 fully saturated rings. The lowest BCUT2D eigenvalue weighted by Crippen LogP contribution is -2.09. The molecule has 1 aliphatic rings. The summed E-state index contributed by atoms with van der Waals surface area (Å²) in [5.74, 6) is 0.741. The van der Waals surface area contributed by atoms with Crippen LogP contribution in [0.5, 0.6) is 0 Å². The molecule has 0 aromatic rings. The van der Waals surface area contributed by atoms with E-state index in [0.29, 0.717) is 10.6 Å². The third-order valence-electron chi connectivity index (χ3n) is 1.72. The highest BCUT2D eigenvalue weighted by atomic mass is 32.2. The fourth-order valence-corrected chi connectivity index (χ4v) is 2.11. The summed E-state index contributed by atoms with van der Waals surface area (Å²) in [7, 11) is 0. The van der Waals surface area contributed by atoms with Gasteiger partial charge in [-0.15, -0.1) is 11.8 Å². The standard InChI is InChI=1S/C8H15NS/c1-4-8-9-5-7(10-8)6(2)3/h5-8H,4H2,1-3H3. The number of hydrogen-bond acceptors (Lipinski definition) is 2. The molecule has 2 atom stereocenters. The van der Waals surface area contributed by atoms with Crippen molar-refractivity contribution in [3.63, 3.8) is 0 Å². The number of hydrogen-bond donors (Lipinski definition) is 0. The highest BCUT2D eigenvalue weighted by Gasteiger charge is 2.21. The molecule has 1 rings (SSSR count). The van der Waals surface area contributed by atoms with E-state index in [2.05, 4.69) is 32.0 Å². The normalized spacial score (nSPS) is 32.0. The van der Waals surface area contributed by atoms with Crippen LogP contribution in [0.25, 0.3) is 0 Å². The molecular formula is C8H15NS. The summed E-state index contributed by atoms with van der Waals surface area (Å²) in [5.41, 5.74) is 0. The molecule has 0 saturated heterocycles. The van der Waals surface area contributed by atoms with Gasteiger partial charge in [0, 0.05) is 11.5 Å². The zero-order chi connectivity index (χ0) is 7.56. The van der Waals surface area contributed by atoms with Gasteiger partial charge in [0.2, 0.25) is 0 Å². The first-order valence-corrected chi connectivity index (χ1v) is 4.87. The summed E-state index contributed by atoms with van der Waals surface area (Å²) in [6, 6.07) is 0. The van der Waals surface area contributed by atoms with Gasteiger partial charge in [-0.2, -0.15) is 0 Å². The fourth-order valence-electron chi connectivity index (χ4n) is 0.963. The van der Waals surface area contributed by atoms with E-state index in [9.17, 15) is 0 Å². The summed E-state index contributed by atoms with van der Waals surface area (Å²) >= 11 is 2.00. The molecule has 0 bridgehead atoms. The summed E-state index contributed by atoms with van der Waals surface area (Å²) < 4.78 is 0. The van der Waals surface area contributed by atoms with Crippen LogP contribution in [0.3, 0.4) is 0 Å². The van der Waals surface area contributed by atoms with E-state index in [1.54, 1.807) is 0 Å². The molecule has 0 spiro atoms. The van der Waals surface area contributed by atoms with Crippen molar-refractivity contribution in [2.75, 3.05) is 0 Å². The van der Waals surface area contributed by atoms with Gasteiger partial charge in [0.15, 0.2) is 0 Å². The van der Waals surface area contributed by atoms with Gasteiger partial charge in [0.1, 0.15) is 0 Å². The Morgan fingerprint density at radius 2 is 2.30 bits per heavy atom. The number of aliphatic imine (C=N–C) groups is 1. The molecule has 2 heteroatoms. The first-order chi connectivity index (χ1) is 4.74. The monoisotopic (exact) mass is 157 g/mol. The van der Waals surface area contributed by atoms with Crippen molar-refractivity contribution in [3.05, 3.63) is 0 Å². The molecule has 0 amide bonds. The highest BCUT2D eigenvalue weighted by molar-refractivity contribution is 8.01. The number of rotatable bonds is 2. The fraction of sp³-hybridized carbons (Fsp3) is 0.875. The van der Waals surface area contributed by atoms with Crippen molar-refractivity contribution in [1.82, 2.24) is 0 Å². The zero-order valence-corrected chi connectivity index (χ0v) is 7.69. The second-order valence-corrected chi connectivity index (χ2v) is 4.37. The van der Waals surface area contributed by atoms with Gasteiger partial charge < -0.3 is 0 Å². The maximum absolute atomic E-state index is 4.39. The van der Waals surface area contributed by atoms with Crippen LogP contribution in [0.4, 0.5) is 0 Å². The quantitative estimate of drug-likeness (QED) is 0.600. The molecule has 0 saturated carbocycles. The smallest absolute Gasteiger partial charge is 0.0951 e. The summed E-state index contributed by atoms with van der Waals surface area (Å²) in [5, 5.41) is 1.22. The zero-order valence-electron chi connectivity index (χ0n) is 6.87. The molecule has 0 radical (unpaired) electrons. The lowest BCUT2D eigenvalue weighted by molar-refractivity contribution is 0.707. The molecular weight excluding hydrogens is 142 g/mol. The van der Waals surface area contributed by atoms with Gasteiger partial charge in [-0.25, -0.2) is 0 Å². The largest absolute Gasteiger partial charge is 0.282 e. The molecule has 1 aliphatic heterocycles. The van der Waals surface area contributed by atoms with Gasteiger partial charge in [0.05, 0.1) is 5.37 Å². The van der Waals surface area contributed by atoms with E-state index in [-0.39, 0.29) is 0 Å². The minimum absolute atomic E-state index is 0.549. The Bertz CT molecular complexity index is 131. The van der Waals surface area contributed by atoms with E-state index in [1.807, 2.05) is 11.8 Å². The first-order valence-electron chi connectivity index (χ1n) is 3.92. The molecule has 1 heterocycles. The minimum Gasteiger partial charge on any atom is -0.282 e. The Labute approximate surface area is 67.3 Å². The van der Waals surface area contributed by atoms with Crippen LogP contribution in [0.15, 0.2) is 4.99 Å². The summed E-state index contributed by atoms with van der Waals surface area (Å²) in [6.45, 7) is 6.70. The van der Waals surface area contributed by atoms with Crippen LogP contribution >= 0.6 is 11.8 Å². The van der Waals surface area contributed by atoms with Crippen LogP contribution in [0.2, 0.25) is 0 Å². The predicted octanol–water partition coefficient (Wildman–Crippen LogP) is 2.56. The van der Waals surface area contributed by atoms with E-state index >= 15 is 0 Å². The Kier molecular flexibility index (Phi) is 2.78. The molecule has 0 N–H and O–H groups in total. The Morgan fingerprint density at radius 1 is 1.60 bits per heavy atom. The van der Waals surface area contributed by atoms with Crippen LogP contribution in [-0.4, -0.2) is 16.8 Å². The molecule has 0 aliphatic carbocycles. The lowest BCUT2D eigenvalue weighted by atomic mass is 10.1. The molecule has 2 unspecified atom stereocenters. The maximum atomic E-state index is 4.39. The van der Waals surface area contributed by atoms with Crippen molar-refractivity contribution in [2.45, 2.75) is 37.8 Å². The van der Waals surface area contributed by atoms with Crippen molar-refractivity contribution in [2.24, 2.45) is 10.9 Å². The molecule has 0 aromatic carbocycles. The van der Waals surface area contributed by atoms with Crippen LogP contribution in [0, 0.1) is 5.92 Å². The van der Waals surface area contributed by atoms with Crippen molar-refractivity contribution in [1.29, 1.82) is 0 Å². The van der Waals surface area contributed by atoms with Gasteiger partial charge in [-0.1, -0.05) is 20.8 Å². The SMILES string of the molecule is CCC1N=CC(C(C)C)S1. The average Bonchev–Trinajstić information content (AvgIpc) is 2.34. The van der Waals surface area contributed by atoms with Crippen LogP contribution in [0.1, 0.15) is 27.2 Å². The van der Waals surface area contributed by atoms with E-state index < -0.39 is 0 Å². The van der Waals surface area contributed by atoms with Crippen molar-refractivity contribution < 1.29 is 0 Å². The van der Waals surface area contributed by atoms with Crippen LogP contribution < -0.4 is 0 Å². The van der Waals surface area contributed by atoms with E-state index in [4.69, 9.17) is 0 Å². The van der Waals surface area contributed by atoms with Crippen LogP contribution in [-0.2, 0) is 0 Å². The molecule has 0 aromatic heterocycles. The van der Waals surface area contributed by atoms with Crippen molar-refractivity contribution >= 4 is 18.0 Å². The third kappa shape index (κ3) is 1.75. The Balaban J connectivity index is 2.37. The average molecular weight is 157 g/mol. The lowest BCUT2D eigenvalue weighted by Gasteiger charge is -2.11. The summed E-state index contributed by atoms with van der Waals surface area (Å²) in [6.07, 6.45) is 3.29. The van der Waals surface area contributed by atoms with Crippen molar-refractivity contribution in [3.8, 4) is 0 Å². The topological polar surface area (TPSA) is 12.4 Å². The Morgan fingerprint density at radius 3 is 2.60 bits per heavy atom. The second kappa shape index (κ2) is 3.42. The highest BCUT2D eigenvalue weighted by Crippen LogP contribution is 2.30. The van der Waals surface area contributed by atoms with E-state index in [0.717, 1.165) is 5.92 Å². The number of nitrogens with zero attached hydrogens (tertiary/aromatic N) is 1. The third-order valence-corrected chi connectivity index (χ3v) is 3.47. The molecule has 58 valence electrons. The van der Waals surface area contributed by atoms with E-state index in [1.165, 1.54) is 6.42 Å². The molecule has 10 heavy (non-hydrogen) atoms. The predicted molar refractivity (Wildman–Crippen MR) is 48.8 cm³/mol. The Hall–Kier alpha value is 0.0200. The van der Waals surface area contributed by atoms with Gasteiger partial charge in [0.25, 0.3) is 0 Å². The van der Waals surface area contributed by atoms with Gasteiger partial charge in [-0.05, 0) is 12.3 Å². The number of thioether (sulfide) groups is 1. The summed E-state index contributed by atoms with van der Waals surface area (Å²) in [4.78, 5) is 4.39. The van der Waals surface area contributed by atoms with Gasteiger partial charge >= 0.3 is 0 Å². The van der Waals surface area contributed by atoms with Gasteiger partial charge in [-0.3, -0.25) is 4.99 Å². The minimum atomic E-state index is 0.549. The first kappa shape index (κ1) is 8.12. The molecule has 1 nitrogen and oxygen atoms in total. The second-order valence-electron chi connectivity index (χ2n) is 3.01. The maximum Gasteiger partial charge on any atom is 0.0951 e.